The lowest BCUT2D eigenvalue weighted by atomic mass is 10.1. The minimum absolute atomic E-state index is 0.162. The number of likely N-dealkylation sites (tertiary alicyclic amines) is 1. The van der Waals surface area contributed by atoms with Crippen LogP contribution < -0.4 is 5.32 Å². The number of rotatable bonds is 2. The summed E-state index contributed by atoms with van der Waals surface area (Å²) >= 11 is 0. The van der Waals surface area contributed by atoms with E-state index in [1.807, 2.05) is 0 Å². The lowest BCUT2D eigenvalue weighted by Gasteiger charge is -2.35. The lowest BCUT2D eigenvalue weighted by molar-refractivity contribution is 0.0528. The van der Waals surface area contributed by atoms with Crippen molar-refractivity contribution in [2.75, 3.05) is 13.1 Å². The molecule has 4 atom stereocenters. The Morgan fingerprint density at radius 1 is 1.36 bits per heavy atom. The summed E-state index contributed by atoms with van der Waals surface area (Å²) in [5, 5.41) is 13.1. The molecule has 2 unspecified atom stereocenters. The van der Waals surface area contributed by atoms with Gasteiger partial charge in [-0.25, -0.2) is 0 Å². The van der Waals surface area contributed by atoms with E-state index in [9.17, 15) is 5.11 Å². The molecule has 0 amide bonds. The fourth-order valence-electron chi connectivity index (χ4n) is 3.06. The van der Waals surface area contributed by atoms with Crippen LogP contribution in [0.25, 0.3) is 0 Å². The van der Waals surface area contributed by atoms with Crippen LogP contribution in [0, 0.1) is 0 Å². The Labute approximate surface area is 86.5 Å². The van der Waals surface area contributed by atoms with Gasteiger partial charge < -0.3 is 10.4 Å². The standard InChI is InChI=1S/C11H22N2O/c1-3-9-5-4-8(2)13(9)10-6-12-7-11(10)14/h8-12,14H,3-7H2,1-2H3/t8?,9?,10-,11-/m1/s1. The summed E-state index contributed by atoms with van der Waals surface area (Å²) in [6, 6.07) is 1.71. The van der Waals surface area contributed by atoms with Crippen molar-refractivity contribution in [3.8, 4) is 0 Å². The number of aliphatic hydroxyl groups excluding tert-OH is 1. The summed E-state index contributed by atoms with van der Waals surface area (Å²) in [5.74, 6) is 0. The SMILES string of the molecule is CCC1CCC(C)N1[C@@H]1CNC[C@H]1O. The maximum Gasteiger partial charge on any atom is 0.0832 e. The van der Waals surface area contributed by atoms with Crippen LogP contribution in [0.4, 0.5) is 0 Å². The van der Waals surface area contributed by atoms with Crippen molar-refractivity contribution >= 4 is 0 Å². The first-order chi connectivity index (χ1) is 6.74. The number of nitrogens with zero attached hydrogens (tertiary/aromatic N) is 1. The van der Waals surface area contributed by atoms with E-state index in [-0.39, 0.29) is 6.10 Å². The van der Waals surface area contributed by atoms with Crippen molar-refractivity contribution < 1.29 is 5.11 Å². The minimum atomic E-state index is -0.162. The smallest absolute Gasteiger partial charge is 0.0832 e. The number of β-amino-alcohol motifs (C(OH)–C–C–N with tert-alkyl or cyclic N) is 1. The summed E-state index contributed by atoms with van der Waals surface area (Å²) in [6.45, 7) is 6.28. The molecule has 0 bridgehead atoms. The van der Waals surface area contributed by atoms with Gasteiger partial charge in [-0.05, 0) is 26.2 Å². The van der Waals surface area contributed by atoms with Crippen molar-refractivity contribution in [1.29, 1.82) is 0 Å². The highest BCUT2D eigenvalue weighted by Gasteiger charge is 2.39. The van der Waals surface area contributed by atoms with Crippen molar-refractivity contribution in [3.05, 3.63) is 0 Å². The molecule has 82 valence electrons. The number of hydrogen-bond acceptors (Lipinski definition) is 3. The van der Waals surface area contributed by atoms with E-state index in [4.69, 9.17) is 0 Å². The zero-order valence-corrected chi connectivity index (χ0v) is 9.24. The molecule has 0 aromatic heterocycles. The van der Waals surface area contributed by atoms with Gasteiger partial charge in [0.15, 0.2) is 0 Å². The van der Waals surface area contributed by atoms with E-state index >= 15 is 0 Å². The predicted molar refractivity (Wildman–Crippen MR) is 57.3 cm³/mol. The molecule has 0 saturated carbocycles. The van der Waals surface area contributed by atoms with E-state index < -0.39 is 0 Å². The van der Waals surface area contributed by atoms with Crippen LogP contribution in [0.2, 0.25) is 0 Å². The van der Waals surface area contributed by atoms with Crippen LogP contribution >= 0.6 is 0 Å². The van der Waals surface area contributed by atoms with Crippen LogP contribution in [-0.4, -0.2) is 47.3 Å². The van der Waals surface area contributed by atoms with Gasteiger partial charge in [0.2, 0.25) is 0 Å². The summed E-state index contributed by atoms with van der Waals surface area (Å²) in [7, 11) is 0. The first kappa shape index (κ1) is 10.4. The zero-order chi connectivity index (χ0) is 10.1. The molecule has 0 spiro atoms. The highest BCUT2D eigenvalue weighted by Crippen LogP contribution is 2.30. The fraction of sp³-hybridized carbons (Fsp3) is 1.00. The minimum Gasteiger partial charge on any atom is -0.390 e. The Kier molecular flexibility index (Phi) is 3.10. The molecule has 0 radical (unpaired) electrons. The van der Waals surface area contributed by atoms with Crippen molar-refractivity contribution in [2.24, 2.45) is 0 Å². The molecule has 0 aromatic carbocycles. The van der Waals surface area contributed by atoms with E-state index in [0.717, 1.165) is 13.1 Å². The number of hydrogen-bond donors (Lipinski definition) is 2. The maximum absolute atomic E-state index is 9.88. The van der Waals surface area contributed by atoms with E-state index in [1.165, 1.54) is 19.3 Å². The van der Waals surface area contributed by atoms with Gasteiger partial charge in [0.1, 0.15) is 0 Å². The number of nitrogens with one attached hydrogen (secondary N) is 1. The Hall–Kier alpha value is -0.120. The Morgan fingerprint density at radius 2 is 2.14 bits per heavy atom. The lowest BCUT2D eigenvalue weighted by Crippen LogP contribution is -2.48. The third-order valence-electron chi connectivity index (χ3n) is 3.85. The van der Waals surface area contributed by atoms with E-state index in [0.29, 0.717) is 18.1 Å². The van der Waals surface area contributed by atoms with E-state index in [1.54, 1.807) is 0 Å². The van der Waals surface area contributed by atoms with Crippen LogP contribution in [0.15, 0.2) is 0 Å². The van der Waals surface area contributed by atoms with Gasteiger partial charge in [-0.3, -0.25) is 4.90 Å². The average Bonchev–Trinajstić information content (AvgIpc) is 2.72. The molecule has 0 aliphatic carbocycles. The normalized spacial score (nSPS) is 44.8. The van der Waals surface area contributed by atoms with Crippen molar-refractivity contribution in [2.45, 2.75) is 57.3 Å². The summed E-state index contributed by atoms with van der Waals surface area (Å²) < 4.78 is 0. The molecule has 14 heavy (non-hydrogen) atoms. The largest absolute Gasteiger partial charge is 0.390 e. The van der Waals surface area contributed by atoms with Gasteiger partial charge >= 0.3 is 0 Å². The molecule has 3 nitrogen and oxygen atoms in total. The van der Waals surface area contributed by atoms with Crippen LogP contribution in [-0.2, 0) is 0 Å². The second kappa shape index (κ2) is 4.17. The van der Waals surface area contributed by atoms with Gasteiger partial charge in [0.25, 0.3) is 0 Å². The molecule has 2 saturated heterocycles. The number of aliphatic hydroxyl groups is 1. The Bertz CT molecular complexity index is 198. The molecule has 0 aromatic rings. The van der Waals surface area contributed by atoms with Gasteiger partial charge in [-0.1, -0.05) is 6.92 Å². The first-order valence-electron chi connectivity index (χ1n) is 5.90. The Morgan fingerprint density at radius 3 is 2.71 bits per heavy atom. The van der Waals surface area contributed by atoms with Gasteiger partial charge in [-0.15, -0.1) is 0 Å². The zero-order valence-electron chi connectivity index (χ0n) is 9.24. The second-order valence-corrected chi connectivity index (χ2v) is 4.73. The first-order valence-corrected chi connectivity index (χ1v) is 5.90. The molecule has 2 aliphatic heterocycles. The van der Waals surface area contributed by atoms with E-state index in [2.05, 4.69) is 24.1 Å². The van der Waals surface area contributed by atoms with Crippen LogP contribution in [0.1, 0.15) is 33.1 Å². The molecule has 2 N–H and O–H groups in total. The average molecular weight is 198 g/mol. The molecule has 2 heterocycles. The highest BCUT2D eigenvalue weighted by atomic mass is 16.3. The highest BCUT2D eigenvalue weighted by molar-refractivity contribution is 4.96. The third-order valence-corrected chi connectivity index (χ3v) is 3.85. The molecular weight excluding hydrogens is 176 g/mol. The molecule has 2 aliphatic rings. The van der Waals surface area contributed by atoms with Gasteiger partial charge in [0.05, 0.1) is 6.10 Å². The Balaban J connectivity index is 2.06. The summed E-state index contributed by atoms with van der Waals surface area (Å²) in [6.07, 6.45) is 3.65. The predicted octanol–water partition coefficient (Wildman–Crippen LogP) is 0.582. The van der Waals surface area contributed by atoms with Gasteiger partial charge in [0, 0.05) is 31.2 Å². The third kappa shape index (κ3) is 1.69. The quantitative estimate of drug-likeness (QED) is 0.681. The molecule has 3 heteroatoms. The summed E-state index contributed by atoms with van der Waals surface area (Å²) in [5.41, 5.74) is 0. The molecule has 2 rings (SSSR count). The molecular formula is C11H22N2O. The van der Waals surface area contributed by atoms with Crippen molar-refractivity contribution in [3.63, 3.8) is 0 Å². The topological polar surface area (TPSA) is 35.5 Å². The van der Waals surface area contributed by atoms with Crippen LogP contribution in [0.3, 0.4) is 0 Å². The van der Waals surface area contributed by atoms with Gasteiger partial charge in [-0.2, -0.15) is 0 Å². The maximum atomic E-state index is 9.88. The summed E-state index contributed by atoms with van der Waals surface area (Å²) in [4.78, 5) is 2.55. The fourth-order valence-corrected chi connectivity index (χ4v) is 3.06. The van der Waals surface area contributed by atoms with Crippen molar-refractivity contribution in [1.82, 2.24) is 10.2 Å². The second-order valence-electron chi connectivity index (χ2n) is 4.73. The monoisotopic (exact) mass is 198 g/mol. The molecule has 2 fully saturated rings. The van der Waals surface area contributed by atoms with Crippen LogP contribution in [0.5, 0.6) is 0 Å².